The van der Waals surface area contributed by atoms with Crippen molar-refractivity contribution in [2.24, 2.45) is 0 Å². The van der Waals surface area contributed by atoms with Gasteiger partial charge in [-0.05, 0) is 35.8 Å². The van der Waals surface area contributed by atoms with Crippen LogP contribution in [0.2, 0.25) is 0 Å². The van der Waals surface area contributed by atoms with Gasteiger partial charge in [-0.2, -0.15) is 5.10 Å². The molecule has 0 aliphatic heterocycles. The molecule has 104 valence electrons. The van der Waals surface area contributed by atoms with Crippen LogP contribution in [0.5, 0.6) is 0 Å². The number of aryl methyl sites for hydroxylation is 2. The van der Waals surface area contributed by atoms with Gasteiger partial charge in [-0.25, -0.2) is 8.78 Å². The highest BCUT2D eigenvalue weighted by Crippen LogP contribution is 2.24. The van der Waals surface area contributed by atoms with Gasteiger partial charge in [0, 0.05) is 13.0 Å². The van der Waals surface area contributed by atoms with E-state index in [9.17, 15) is 8.78 Å². The van der Waals surface area contributed by atoms with Gasteiger partial charge in [-0.3, -0.25) is 4.68 Å². The van der Waals surface area contributed by atoms with Crippen LogP contribution in [-0.2, 0) is 19.4 Å². The molecule has 1 rings (SSSR count). The number of likely N-dealkylation sites (N-methyl/N-ethyl adjacent to an activating group) is 1. The minimum atomic E-state index is -2.37. The predicted molar refractivity (Wildman–Crippen MR) is 72.2 cm³/mol. The van der Waals surface area contributed by atoms with E-state index in [1.165, 1.54) is 0 Å². The molecule has 0 spiro atoms. The third-order valence-corrected chi connectivity index (χ3v) is 3.79. The van der Waals surface area contributed by atoms with E-state index in [1.807, 2.05) is 20.8 Å². The van der Waals surface area contributed by atoms with Crippen molar-refractivity contribution in [3.63, 3.8) is 0 Å². The van der Waals surface area contributed by atoms with Gasteiger partial charge in [0.25, 0.3) is 6.43 Å². The maximum Gasteiger partial charge on any atom is 0.254 e. The number of halogens is 3. The van der Waals surface area contributed by atoms with E-state index in [0.717, 1.165) is 22.3 Å². The van der Waals surface area contributed by atoms with Crippen molar-refractivity contribution >= 4 is 15.9 Å². The third kappa shape index (κ3) is 3.51. The molecule has 0 bridgehead atoms. The number of nitrogens with one attached hydrogen (secondary N) is 1. The van der Waals surface area contributed by atoms with Gasteiger partial charge >= 0.3 is 0 Å². The van der Waals surface area contributed by atoms with Crippen molar-refractivity contribution < 1.29 is 8.78 Å². The Morgan fingerprint density at radius 2 is 2.00 bits per heavy atom. The topological polar surface area (TPSA) is 29.9 Å². The molecule has 1 N–H and O–H groups in total. The fraction of sp³-hybridized carbons (Fsp3) is 0.750. The first-order chi connectivity index (χ1) is 8.54. The Bertz CT molecular complexity index is 380. The van der Waals surface area contributed by atoms with E-state index < -0.39 is 12.5 Å². The quantitative estimate of drug-likeness (QED) is 0.836. The summed E-state index contributed by atoms with van der Waals surface area (Å²) in [6.45, 7) is 7.03. The van der Waals surface area contributed by atoms with E-state index in [-0.39, 0.29) is 6.42 Å². The molecule has 1 unspecified atom stereocenters. The summed E-state index contributed by atoms with van der Waals surface area (Å²) >= 11 is 3.48. The zero-order valence-corrected chi connectivity index (χ0v) is 12.6. The van der Waals surface area contributed by atoms with Crippen molar-refractivity contribution in [3.8, 4) is 0 Å². The van der Waals surface area contributed by atoms with Gasteiger partial charge in [-0.15, -0.1) is 0 Å². The number of nitrogens with zero attached hydrogens (tertiary/aromatic N) is 2. The van der Waals surface area contributed by atoms with Gasteiger partial charge in [0.15, 0.2) is 0 Å². The lowest BCUT2D eigenvalue weighted by molar-refractivity contribution is 0.0980. The smallest absolute Gasteiger partial charge is 0.254 e. The molecule has 1 aromatic heterocycles. The van der Waals surface area contributed by atoms with Crippen LogP contribution in [0.1, 0.15) is 32.2 Å². The zero-order chi connectivity index (χ0) is 13.7. The summed E-state index contributed by atoms with van der Waals surface area (Å²) < 4.78 is 28.5. The molecule has 0 aliphatic carbocycles. The highest BCUT2D eigenvalue weighted by atomic mass is 79.9. The fourth-order valence-corrected chi connectivity index (χ4v) is 2.66. The average molecular weight is 324 g/mol. The van der Waals surface area contributed by atoms with Gasteiger partial charge < -0.3 is 5.32 Å². The SMILES string of the molecule is CCNC(Cc1c(Br)c(CC)nn1CC)C(F)F. The minimum Gasteiger partial charge on any atom is -0.309 e. The summed E-state index contributed by atoms with van der Waals surface area (Å²) in [6.07, 6.45) is -1.30. The molecule has 1 atom stereocenters. The van der Waals surface area contributed by atoms with E-state index in [2.05, 4.69) is 26.3 Å². The highest BCUT2D eigenvalue weighted by Gasteiger charge is 2.24. The van der Waals surface area contributed by atoms with Crippen molar-refractivity contribution in [1.82, 2.24) is 15.1 Å². The number of alkyl halides is 2. The third-order valence-electron chi connectivity index (χ3n) is 2.88. The van der Waals surface area contributed by atoms with Gasteiger partial charge in [0.05, 0.1) is 21.9 Å². The number of hydrogen-bond donors (Lipinski definition) is 1. The Labute approximate surface area is 115 Å². The number of rotatable bonds is 7. The van der Waals surface area contributed by atoms with Crippen molar-refractivity contribution in [3.05, 3.63) is 15.9 Å². The summed E-state index contributed by atoms with van der Waals surface area (Å²) in [6, 6.07) is -0.821. The second kappa shape index (κ2) is 7.19. The van der Waals surface area contributed by atoms with Gasteiger partial charge in [-0.1, -0.05) is 13.8 Å². The standard InChI is InChI=1S/C12H20BrF2N3/c1-4-8-11(13)10(18(6-3)17-8)7-9(12(14)15)16-5-2/h9,12,16H,4-7H2,1-3H3. The van der Waals surface area contributed by atoms with Crippen LogP contribution in [0.25, 0.3) is 0 Å². The van der Waals surface area contributed by atoms with Gasteiger partial charge in [0.1, 0.15) is 0 Å². The number of hydrogen-bond acceptors (Lipinski definition) is 2. The van der Waals surface area contributed by atoms with Crippen LogP contribution in [0.4, 0.5) is 8.78 Å². The lowest BCUT2D eigenvalue weighted by atomic mass is 10.1. The van der Waals surface area contributed by atoms with Crippen LogP contribution in [0.3, 0.4) is 0 Å². The lowest BCUT2D eigenvalue weighted by Gasteiger charge is -2.17. The Hall–Kier alpha value is -0.490. The Kier molecular flexibility index (Phi) is 6.21. The average Bonchev–Trinajstić information content (AvgIpc) is 2.65. The molecular formula is C12H20BrF2N3. The molecule has 0 aromatic carbocycles. The Morgan fingerprint density at radius 3 is 2.44 bits per heavy atom. The van der Waals surface area contributed by atoms with Crippen molar-refractivity contribution in [2.45, 2.75) is 52.6 Å². The largest absolute Gasteiger partial charge is 0.309 e. The first kappa shape index (κ1) is 15.6. The maximum absolute atomic E-state index is 12.9. The molecule has 3 nitrogen and oxygen atoms in total. The van der Waals surface area contributed by atoms with Crippen LogP contribution in [-0.4, -0.2) is 28.8 Å². The summed E-state index contributed by atoms with van der Waals surface area (Å²) in [5, 5.41) is 7.24. The second-order valence-electron chi connectivity index (χ2n) is 4.08. The monoisotopic (exact) mass is 323 g/mol. The molecule has 0 fully saturated rings. The highest BCUT2D eigenvalue weighted by molar-refractivity contribution is 9.10. The minimum absolute atomic E-state index is 0.285. The van der Waals surface area contributed by atoms with E-state index >= 15 is 0 Å². The first-order valence-electron chi connectivity index (χ1n) is 6.30. The van der Waals surface area contributed by atoms with Crippen molar-refractivity contribution in [1.29, 1.82) is 0 Å². The molecule has 0 amide bonds. The summed E-state index contributed by atoms with van der Waals surface area (Å²) in [7, 11) is 0. The summed E-state index contributed by atoms with van der Waals surface area (Å²) in [5.41, 5.74) is 1.77. The zero-order valence-electron chi connectivity index (χ0n) is 11.0. The molecule has 0 saturated heterocycles. The molecule has 1 heterocycles. The number of aromatic nitrogens is 2. The normalized spacial score (nSPS) is 13.3. The van der Waals surface area contributed by atoms with E-state index in [4.69, 9.17) is 0 Å². The lowest BCUT2D eigenvalue weighted by Crippen LogP contribution is -2.38. The van der Waals surface area contributed by atoms with Crippen LogP contribution in [0.15, 0.2) is 4.47 Å². The van der Waals surface area contributed by atoms with Gasteiger partial charge in [0.2, 0.25) is 0 Å². The van der Waals surface area contributed by atoms with Crippen LogP contribution < -0.4 is 5.32 Å². The molecule has 18 heavy (non-hydrogen) atoms. The molecule has 0 aliphatic rings. The second-order valence-corrected chi connectivity index (χ2v) is 4.87. The van der Waals surface area contributed by atoms with Crippen LogP contribution >= 0.6 is 15.9 Å². The molecule has 6 heteroatoms. The Balaban J connectivity index is 2.96. The summed E-state index contributed by atoms with van der Waals surface area (Å²) in [5.74, 6) is 0. The maximum atomic E-state index is 12.9. The van der Waals surface area contributed by atoms with E-state index in [1.54, 1.807) is 4.68 Å². The molecule has 0 radical (unpaired) electrons. The first-order valence-corrected chi connectivity index (χ1v) is 7.09. The fourth-order valence-electron chi connectivity index (χ4n) is 1.93. The molecule has 0 saturated carbocycles. The predicted octanol–water partition coefficient (Wildman–Crippen LogP) is 3.01. The van der Waals surface area contributed by atoms with Crippen LogP contribution in [0, 0.1) is 0 Å². The molecule has 1 aromatic rings. The Morgan fingerprint density at radius 1 is 1.33 bits per heavy atom. The van der Waals surface area contributed by atoms with Crippen molar-refractivity contribution in [2.75, 3.05) is 6.54 Å². The molecular weight excluding hydrogens is 304 g/mol. The summed E-state index contributed by atoms with van der Waals surface area (Å²) in [4.78, 5) is 0. The van der Waals surface area contributed by atoms with E-state index in [0.29, 0.717) is 13.1 Å².